The highest BCUT2D eigenvalue weighted by molar-refractivity contribution is 5.17. The lowest BCUT2D eigenvalue weighted by atomic mass is 10.0. The van der Waals surface area contributed by atoms with E-state index in [-0.39, 0.29) is 6.04 Å². The Hall–Kier alpha value is -0.940. The van der Waals surface area contributed by atoms with Crippen LogP contribution in [-0.4, -0.2) is 35.2 Å². The third-order valence-electron chi connectivity index (χ3n) is 2.40. The summed E-state index contributed by atoms with van der Waals surface area (Å²) in [4.78, 5) is 0. The molecule has 0 aromatic carbocycles. The molecule has 1 aromatic heterocycles. The van der Waals surface area contributed by atoms with Gasteiger partial charge in [-0.1, -0.05) is 13.8 Å². The van der Waals surface area contributed by atoms with Crippen molar-refractivity contribution in [3.05, 3.63) is 11.4 Å². The highest BCUT2D eigenvalue weighted by Gasteiger charge is 2.22. The fourth-order valence-corrected chi connectivity index (χ4v) is 1.67. The second-order valence-electron chi connectivity index (χ2n) is 3.83. The van der Waals surface area contributed by atoms with Crippen molar-refractivity contribution < 1.29 is 4.74 Å². The fraction of sp³-hybridized carbons (Fsp3) is 0.778. The standard InChI is InChI=1S/C9H16N4O/c1-6(2)8-9(12-13-11-8)7-5-14-4-3-10-7/h6-7,10H,3-5H2,1-2H3,(H,11,12,13). The third kappa shape index (κ3) is 1.78. The first-order valence-corrected chi connectivity index (χ1v) is 5.00. The number of morpholine rings is 1. The van der Waals surface area contributed by atoms with Gasteiger partial charge in [0.05, 0.1) is 24.9 Å². The molecule has 0 spiro atoms. The second-order valence-corrected chi connectivity index (χ2v) is 3.83. The van der Waals surface area contributed by atoms with Crippen LogP contribution >= 0.6 is 0 Å². The van der Waals surface area contributed by atoms with Crippen LogP contribution in [0, 0.1) is 0 Å². The molecule has 2 N–H and O–H groups in total. The van der Waals surface area contributed by atoms with Crippen molar-refractivity contribution in [2.75, 3.05) is 19.8 Å². The first-order valence-electron chi connectivity index (χ1n) is 5.00. The number of nitrogens with one attached hydrogen (secondary N) is 2. The Bertz CT molecular complexity index is 291. The summed E-state index contributed by atoms with van der Waals surface area (Å²) in [5.74, 6) is 0.396. The zero-order valence-corrected chi connectivity index (χ0v) is 8.58. The van der Waals surface area contributed by atoms with E-state index < -0.39 is 0 Å². The largest absolute Gasteiger partial charge is 0.378 e. The van der Waals surface area contributed by atoms with Crippen molar-refractivity contribution in [1.29, 1.82) is 0 Å². The first kappa shape index (κ1) is 9.61. The highest BCUT2D eigenvalue weighted by atomic mass is 16.5. The van der Waals surface area contributed by atoms with Crippen LogP contribution in [0.2, 0.25) is 0 Å². The van der Waals surface area contributed by atoms with E-state index in [1.165, 1.54) is 0 Å². The maximum absolute atomic E-state index is 5.40. The predicted octanol–water partition coefficient (Wildman–Crippen LogP) is 0.589. The van der Waals surface area contributed by atoms with Gasteiger partial charge in [-0.3, -0.25) is 0 Å². The molecule has 2 heterocycles. The van der Waals surface area contributed by atoms with Crippen LogP contribution in [0.1, 0.15) is 37.2 Å². The van der Waals surface area contributed by atoms with E-state index in [0.29, 0.717) is 12.5 Å². The maximum atomic E-state index is 5.40. The summed E-state index contributed by atoms with van der Waals surface area (Å²) in [6, 6.07) is 0.194. The van der Waals surface area contributed by atoms with E-state index in [1.54, 1.807) is 0 Å². The monoisotopic (exact) mass is 196 g/mol. The minimum absolute atomic E-state index is 0.194. The topological polar surface area (TPSA) is 62.8 Å². The number of aromatic amines is 1. The molecular formula is C9H16N4O. The first-order chi connectivity index (χ1) is 6.79. The lowest BCUT2D eigenvalue weighted by molar-refractivity contribution is 0.0752. The Morgan fingerprint density at radius 3 is 2.93 bits per heavy atom. The van der Waals surface area contributed by atoms with Crippen molar-refractivity contribution in [3.8, 4) is 0 Å². The molecule has 1 saturated heterocycles. The van der Waals surface area contributed by atoms with E-state index in [1.807, 2.05) is 0 Å². The van der Waals surface area contributed by atoms with Crippen molar-refractivity contribution in [3.63, 3.8) is 0 Å². The van der Waals surface area contributed by atoms with Gasteiger partial charge in [-0.25, -0.2) is 0 Å². The van der Waals surface area contributed by atoms with Crippen LogP contribution in [0.5, 0.6) is 0 Å². The van der Waals surface area contributed by atoms with Crippen LogP contribution in [0.25, 0.3) is 0 Å². The highest BCUT2D eigenvalue weighted by Crippen LogP contribution is 2.21. The van der Waals surface area contributed by atoms with Gasteiger partial charge in [0.2, 0.25) is 0 Å². The molecular weight excluding hydrogens is 180 g/mol. The number of H-pyrrole nitrogens is 1. The maximum Gasteiger partial charge on any atom is 0.105 e. The summed E-state index contributed by atoms with van der Waals surface area (Å²) >= 11 is 0. The number of aromatic nitrogens is 3. The molecule has 1 fully saturated rings. The molecule has 14 heavy (non-hydrogen) atoms. The van der Waals surface area contributed by atoms with Gasteiger partial charge in [-0.15, -0.1) is 0 Å². The van der Waals surface area contributed by atoms with Crippen LogP contribution in [0.15, 0.2) is 0 Å². The molecule has 1 unspecified atom stereocenters. The minimum atomic E-state index is 0.194. The van der Waals surface area contributed by atoms with E-state index >= 15 is 0 Å². The zero-order valence-electron chi connectivity index (χ0n) is 8.58. The zero-order chi connectivity index (χ0) is 9.97. The number of rotatable bonds is 2. The molecule has 0 radical (unpaired) electrons. The molecule has 1 aromatic rings. The van der Waals surface area contributed by atoms with Gasteiger partial charge in [-0.2, -0.15) is 15.4 Å². The Morgan fingerprint density at radius 1 is 1.43 bits per heavy atom. The molecule has 5 nitrogen and oxygen atoms in total. The van der Waals surface area contributed by atoms with Gasteiger partial charge in [0.15, 0.2) is 0 Å². The van der Waals surface area contributed by atoms with Crippen LogP contribution in [0.3, 0.4) is 0 Å². The van der Waals surface area contributed by atoms with Crippen LogP contribution in [0.4, 0.5) is 0 Å². The van der Waals surface area contributed by atoms with Gasteiger partial charge in [0, 0.05) is 6.54 Å². The van der Waals surface area contributed by atoms with Crippen LogP contribution < -0.4 is 5.32 Å². The Labute approximate surface area is 83.2 Å². The predicted molar refractivity (Wildman–Crippen MR) is 52.0 cm³/mol. The van der Waals surface area contributed by atoms with Crippen molar-refractivity contribution in [2.24, 2.45) is 0 Å². The minimum Gasteiger partial charge on any atom is -0.378 e. The molecule has 78 valence electrons. The average Bonchev–Trinajstić information content (AvgIpc) is 2.67. The molecule has 0 aliphatic carbocycles. The summed E-state index contributed by atoms with van der Waals surface area (Å²) in [5, 5.41) is 14.4. The summed E-state index contributed by atoms with van der Waals surface area (Å²) in [5.41, 5.74) is 2.03. The molecule has 0 amide bonds. The smallest absolute Gasteiger partial charge is 0.105 e. The van der Waals surface area contributed by atoms with Gasteiger partial charge >= 0.3 is 0 Å². The molecule has 1 atom stereocenters. The summed E-state index contributed by atoms with van der Waals surface area (Å²) in [7, 11) is 0. The summed E-state index contributed by atoms with van der Waals surface area (Å²) < 4.78 is 5.40. The van der Waals surface area contributed by atoms with E-state index in [2.05, 4.69) is 34.6 Å². The van der Waals surface area contributed by atoms with Crippen molar-refractivity contribution in [2.45, 2.75) is 25.8 Å². The molecule has 0 saturated carbocycles. The van der Waals surface area contributed by atoms with Crippen LogP contribution in [-0.2, 0) is 4.74 Å². The Kier molecular flexibility index (Phi) is 2.79. The SMILES string of the molecule is CC(C)c1n[nH]nc1C1COCCN1. The molecule has 2 rings (SSSR count). The number of nitrogens with zero attached hydrogens (tertiary/aromatic N) is 2. The van der Waals surface area contributed by atoms with Gasteiger partial charge in [0.1, 0.15) is 5.69 Å². The molecule has 1 aliphatic rings. The summed E-state index contributed by atoms with van der Waals surface area (Å²) in [6.07, 6.45) is 0. The van der Waals surface area contributed by atoms with Gasteiger partial charge in [-0.05, 0) is 5.92 Å². The number of hydrogen-bond donors (Lipinski definition) is 2. The van der Waals surface area contributed by atoms with Crippen molar-refractivity contribution in [1.82, 2.24) is 20.7 Å². The number of ether oxygens (including phenoxy) is 1. The quantitative estimate of drug-likeness (QED) is 0.726. The third-order valence-corrected chi connectivity index (χ3v) is 2.40. The van der Waals surface area contributed by atoms with E-state index in [4.69, 9.17) is 4.74 Å². The van der Waals surface area contributed by atoms with E-state index in [9.17, 15) is 0 Å². The average molecular weight is 196 g/mol. The lowest BCUT2D eigenvalue weighted by Crippen LogP contribution is -2.35. The normalized spacial score (nSPS) is 22.9. The van der Waals surface area contributed by atoms with E-state index in [0.717, 1.165) is 24.5 Å². The fourth-order valence-electron chi connectivity index (χ4n) is 1.67. The summed E-state index contributed by atoms with van der Waals surface area (Å²) in [6.45, 7) is 6.59. The van der Waals surface area contributed by atoms with Crippen molar-refractivity contribution >= 4 is 0 Å². The molecule has 0 bridgehead atoms. The Morgan fingerprint density at radius 2 is 2.29 bits per heavy atom. The second kappa shape index (κ2) is 4.06. The molecule has 5 heteroatoms. The lowest BCUT2D eigenvalue weighted by Gasteiger charge is -2.23. The van der Waals surface area contributed by atoms with Gasteiger partial charge in [0.25, 0.3) is 0 Å². The number of hydrogen-bond acceptors (Lipinski definition) is 4. The Balaban J connectivity index is 2.17. The molecule has 1 aliphatic heterocycles. The van der Waals surface area contributed by atoms with Gasteiger partial charge < -0.3 is 10.1 Å².